The second-order valence-corrected chi connectivity index (χ2v) is 12.2. The van der Waals surface area contributed by atoms with Gasteiger partial charge in [-0.25, -0.2) is 4.79 Å². The van der Waals surface area contributed by atoms with Crippen molar-refractivity contribution in [3.63, 3.8) is 0 Å². The van der Waals surface area contributed by atoms with E-state index in [-0.39, 0.29) is 43.4 Å². The van der Waals surface area contributed by atoms with E-state index in [4.69, 9.17) is 11.5 Å². The summed E-state index contributed by atoms with van der Waals surface area (Å²) in [4.78, 5) is 87.6. The molecule has 0 spiro atoms. The van der Waals surface area contributed by atoms with Crippen LogP contribution in [0.25, 0.3) is 0 Å². The first-order chi connectivity index (χ1) is 20.4. The third-order valence-electron chi connectivity index (χ3n) is 6.40. The van der Waals surface area contributed by atoms with Gasteiger partial charge in [-0.2, -0.15) is 0 Å². The number of esters is 1. The second-order valence-electron chi connectivity index (χ2n) is 12.2. The van der Waals surface area contributed by atoms with Crippen LogP contribution in [0.1, 0.15) is 80.6 Å². The first-order valence-corrected chi connectivity index (χ1v) is 14.9. The summed E-state index contributed by atoms with van der Waals surface area (Å²) in [5.74, 6) is -6.17. The lowest BCUT2D eigenvalue weighted by molar-refractivity contribution is -0.141. The highest BCUT2D eigenvalue weighted by Crippen LogP contribution is 2.15. The number of nitrogens with two attached hydrogens (primary N) is 2. The molecule has 0 radical (unpaired) electrons. The summed E-state index contributed by atoms with van der Waals surface area (Å²) >= 11 is 0. The second kappa shape index (κ2) is 20.2. The maximum atomic E-state index is 13.3. The fourth-order valence-electron chi connectivity index (χ4n) is 4.17. The van der Waals surface area contributed by atoms with E-state index >= 15 is 0 Å². The summed E-state index contributed by atoms with van der Waals surface area (Å²) in [5.41, 5.74) is 11.0. The number of carbonyl (C=O) groups excluding carboxylic acids is 7. The van der Waals surface area contributed by atoms with Crippen LogP contribution in [0, 0.1) is 23.7 Å². The quantitative estimate of drug-likeness (QED) is 0.0653. The Kier molecular flexibility index (Phi) is 18.5. The standard InChI is InChI=1S/C30H52N6O8/c1-16(2)13-20(9-12-25(38)44-8)33-24(37)11-10-22(26(32)39)34-30(43)23(15-18(5)6)35-28(41)21(14-17(3)4)29(42)36-27(40)19(7)31/h9,12,16-23H,10-11,13-15,31H2,1-8H3,(H2,32,39)(H,33,37)(H,34,43)(H,35,41)(H,36,40,42)/b12-9+/t19-,20+,21-,22-,23-/m0/s1. The Labute approximate surface area is 260 Å². The molecule has 0 aromatic rings. The molecular formula is C30H52N6O8. The minimum atomic E-state index is -1.28. The largest absolute Gasteiger partial charge is 0.466 e. The van der Waals surface area contributed by atoms with Gasteiger partial charge in [0.1, 0.15) is 18.0 Å². The van der Waals surface area contributed by atoms with E-state index in [1.165, 1.54) is 26.2 Å². The van der Waals surface area contributed by atoms with Crippen molar-refractivity contribution in [3.8, 4) is 0 Å². The van der Waals surface area contributed by atoms with E-state index in [1.54, 1.807) is 13.8 Å². The lowest BCUT2D eigenvalue weighted by atomic mass is 9.94. The van der Waals surface area contributed by atoms with Crippen LogP contribution in [0.2, 0.25) is 0 Å². The van der Waals surface area contributed by atoms with Crippen LogP contribution in [0.3, 0.4) is 0 Å². The number of methoxy groups -OCH3 is 1. The lowest BCUT2D eigenvalue weighted by Gasteiger charge is -2.25. The Bertz CT molecular complexity index is 1040. The average Bonchev–Trinajstić information content (AvgIpc) is 2.90. The van der Waals surface area contributed by atoms with Crippen LogP contribution in [0.5, 0.6) is 0 Å². The molecule has 0 heterocycles. The smallest absolute Gasteiger partial charge is 0.330 e. The van der Waals surface area contributed by atoms with E-state index in [0.717, 1.165) is 0 Å². The molecule has 0 rings (SSSR count). The summed E-state index contributed by atoms with van der Waals surface area (Å²) in [7, 11) is 1.24. The zero-order valence-corrected chi connectivity index (χ0v) is 27.2. The van der Waals surface area contributed by atoms with Crippen LogP contribution in [-0.2, 0) is 38.3 Å². The van der Waals surface area contributed by atoms with Gasteiger partial charge in [0.2, 0.25) is 35.4 Å². The molecule has 14 heteroatoms. The molecule has 0 aliphatic rings. The first kappa shape index (κ1) is 40.2. The van der Waals surface area contributed by atoms with Crippen LogP contribution >= 0.6 is 0 Å². The molecule has 8 N–H and O–H groups in total. The number of nitrogens with one attached hydrogen (secondary N) is 4. The average molecular weight is 625 g/mol. The number of carbonyl (C=O) groups is 7. The Morgan fingerprint density at radius 3 is 1.73 bits per heavy atom. The van der Waals surface area contributed by atoms with Gasteiger partial charge in [-0.15, -0.1) is 0 Å². The fourth-order valence-corrected chi connectivity index (χ4v) is 4.17. The Balaban J connectivity index is 5.64. The molecule has 0 fully saturated rings. The SMILES string of the molecule is COC(=O)/C=C/[C@H](CC(C)C)NC(=O)CC[C@H](NC(=O)[C@H](CC(C)C)NC(=O)[C@H](CC(C)C)C(=O)NC(=O)[C@H](C)N)C(N)=O. The number of hydrogen-bond donors (Lipinski definition) is 6. The number of rotatable bonds is 19. The van der Waals surface area contributed by atoms with Crippen LogP contribution in [0.15, 0.2) is 12.2 Å². The number of ether oxygens (including phenoxy) is 1. The van der Waals surface area contributed by atoms with E-state index in [0.29, 0.717) is 6.42 Å². The Morgan fingerprint density at radius 1 is 0.705 bits per heavy atom. The molecule has 250 valence electrons. The van der Waals surface area contributed by atoms with Crippen LogP contribution in [-0.4, -0.2) is 72.7 Å². The highest BCUT2D eigenvalue weighted by atomic mass is 16.5. The fraction of sp³-hybridized carbons (Fsp3) is 0.700. The number of hydrogen-bond acceptors (Lipinski definition) is 9. The van der Waals surface area contributed by atoms with E-state index in [1.807, 2.05) is 27.7 Å². The molecular weight excluding hydrogens is 572 g/mol. The van der Waals surface area contributed by atoms with Crippen molar-refractivity contribution < 1.29 is 38.3 Å². The molecule has 0 aromatic heterocycles. The van der Waals surface area contributed by atoms with E-state index in [2.05, 4.69) is 26.0 Å². The van der Waals surface area contributed by atoms with Crippen molar-refractivity contribution in [2.75, 3.05) is 7.11 Å². The molecule has 0 aliphatic carbocycles. The molecule has 0 aliphatic heterocycles. The maximum Gasteiger partial charge on any atom is 0.330 e. The van der Waals surface area contributed by atoms with Gasteiger partial charge in [0.15, 0.2) is 0 Å². The predicted molar refractivity (Wildman–Crippen MR) is 164 cm³/mol. The minimum Gasteiger partial charge on any atom is -0.466 e. The molecule has 0 saturated heterocycles. The number of imide groups is 1. The maximum absolute atomic E-state index is 13.3. The van der Waals surface area contributed by atoms with Gasteiger partial charge >= 0.3 is 5.97 Å². The summed E-state index contributed by atoms with van der Waals surface area (Å²) < 4.78 is 4.59. The summed E-state index contributed by atoms with van der Waals surface area (Å²) in [6.45, 7) is 12.5. The minimum absolute atomic E-state index is 0.0724. The monoisotopic (exact) mass is 624 g/mol. The van der Waals surface area contributed by atoms with Gasteiger partial charge in [0.25, 0.3) is 0 Å². The highest BCUT2D eigenvalue weighted by molar-refractivity contribution is 6.08. The van der Waals surface area contributed by atoms with Gasteiger partial charge in [0.05, 0.1) is 13.2 Å². The van der Waals surface area contributed by atoms with E-state index in [9.17, 15) is 33.6 Å². The van der Waals surface area contributed by atoms with Crippen molar-refractivity contribution in [1.29, 1.82) is 0 Å². The first-order valence-electron chi connectivity index (χ1n) is 14.9. The molecule has 0 saturated carbocycles. The summed E-state index contributed by atoms with van der Waals surface area (Å²) in [6.07, 6.45) is 3.26. The summed E-state index contributed by atoms with van der Waals surface area (Å²) in [5, 5.41) is 10.0. The van der Waals surface area contributed by atoms with E-state index < -0.39 is 71.5 Å². The molecule has 14 nitrogen and oxygen atoms in total. The molecule has 44 heavy (non-hydrogen) atoms. The third kappa shape index (κ3) is 16.7. The molecule has 0 aromatic carbocycles. The lowest BCUT2D eigenvalue weighted by Crippen LogP contribution is -2.56. The van der Waals surface area contributed by atoms with Crippen molar-refractivity contribution in [2.45, 2.75) is 105 Å². The predicted octanol–water partition coefficient (Wildman–Crippen LogP) is 0.180. The van der Waals surface area contributed by atoms with Gasteiger partial charge in [-0.1, -0.05) is 47.6 Å². The third-order valence-corrected chi connectivity index (χ3v) is 6.40. The van der Waals surface area contributed by atoms with Crippen molar-refractivity contribution >= 4 is 41.4 Å². The number of amides is 6. The van der Waals surface area contributed by atoms with Crippen LogP contribution in [0.4, 0.5) is 0 Å². The van der Waals surface area contributed by atoms with Crippen molar-refractivity contribution in [2.24, 2.45) is 35.1 Å². The van der Waals surface area contributed by atoms with Gasteiger partial charge in [-0.3, -0.25) is 34.1 Å². The molecule has 0 bridgehead atoms. The molecule has 5 atom stereocenters. The van der Waals surface area contributed by atoms with Crippen LogP contribution < -0.4 is 32.7 Å². The topological polar surface area (TPSA) is 229 Å². The van der Waals surface area contributed by atoms with Crippen molar-refractivity contribution in [3.05, 3.63) is 12.2 Å². The zero-order valence-electron chi connectivity index (χ0n) is 27.2. The zero-order chi connectivity index (χ0) is 34.1. The number of primary amides is 1. The summed E-state index contributed by atoms with van der Waals surface area (Å²) in [6, 6.07) is -3.80. The Hall–Kier alpha value is -3.81. The van der Waals surface area contributed by atoms with Gasteiger partial charge < -0.3 is 32.2 Å². The molecule has 6 amide bonds. The normalized spacial score (nSPS) is 14.8. The van der Waals surface area contributed by atoms with Gasteiger partial charge in [-0.05, 0) is 50.4 Å². The van der Waals surface area contributed by atoms with Gasteiger partial charge in [0, 0.05) is 18.5 Å². The highest BCUT2D eigenvalue weighted by Gasteiger charge is 2.33. The molecule has 0 unspecified atom stereocenters. The Morgan fingerprint density at radius 2 is 1.25 bits per heavy atom. The van der Waals surface area contributed by atoms with Crippen molar-refractivity contribution in [1.82, 2.24) is 21.3 Å².